The SMILES string of the molecule is N#Cc1ccc(-c2cc(-c3ccc(-c4ccc(-n5c6c(c7ccccc75)CC(c5ccc7c(c5)c5ccccc5n7-c5ccccc5)C=C6)cc4)cc3)nc(-c3cccc(-n4c5c(c6ccccc64)CC(c4ccc6c(c4)C4CC=CC=C4N6c4ccccc4)CC5)c3)n2)cc1. The van der Waals surface area contributed by atoms with Crippen LogP contribution in [0.1, 0.15) is 75.4 Å². The zero-order valence-corrected chi connectivity index (χ0v) is 52.8. The Morgan fingerprint density at radius 2 is 1.04 bits per heavy atom. The van der Waals surface area contributed by atoms with E-state index in [1.165, 1.54) is 106 Å². The van der Waals surface area contributed by atoms with E-state index in [1.807, 2.05) is 24.3 Å². The minimum atomic E-state index is 0.238. The molecule has 4 aromatic heterocycles. The van der Waals surface area contributed by atoms with E-state index in [-0.39, 0.29) is 5.92 Å². The summed E-state index contributed by atoms with van der Waals surface area (Å²) in [4.78, 5) is 13.2. The van der Waals surface area contributed by atoms with Crippen molar-refractivity contribution in [2.75, 3.05) is 4.90 Å². The molecule has 0 spiro atoms. The van der Waals surface area contributed by atoms with Crippen LogP contribution in [0.15, 0.2) is 303 Å². The second-order valence-corrected chi connectivity index (χ2v) is 26.2. The van der Waals surface area contributed by atoms with Gasteiger partial charge in [0.2, 0.25) is 0 Å². The highest BCUT2D eigenvalue weighted by molar-refractivity contribution is 6.09. The molecule has 7 nitrogen and oxygen atoms in total. The van der Waals surface area contributed by atoms with Crippen LogP contribution in [0.5, 0.6) is 0 Å². The van der Waals surface area contributed by atoms with Gasteiger partial charge in [-0.25, -0.2) is 9.97 Å². The van der Waals surface area contributed by atoms with Crippen molar-refractivity contribution in [1.29, 1.82) is 5.26 Å². The van der Waals surface area contributed by atoms with Gasteiger partial charge in [0, 0.05) is 95.6 Å². The molecular weight excluding hydrogens is 1170 g/mol. The van der Waals surface area contributed by atoms with E-state index in [4.69, 9.17) is 9.97 Å². The van der Waals surface area contributed by atoms with Crippen LogP contribution in [0.25, 0.3) is 112 Å². The van der Waals surface area contributed by atoms with Gasteiger partial charge >= 0.3 is 0 Å². The smallest absolute Gasteiger partial charge is 0.160 e. The fraction of sp³-hybridized carbons (Fsp3) is 0.0899. The average Bonchev–Trinajstić information content (AvgIpc) is 1.61. The van der Waals surface area contributed by atoms with Crippen molar-refractivity contribution >= 4 is 61.1 Å². The van der Waals surface area contributed by atoms with E-state index in [0.717, 1.165) is 82.7 Å². The Kier molecular flexibility index (Phi) is 13.1. The number of fused-ring (bicyclic) bond motifs is 12. The van der Waals surface area contributed by atoms with E-state index in [2.05, 4.69) is 304 Å². The Labute approximate surface area is 557 Å². The zero-order chi connectivity index (χ0) is 63.4. The Hall–Kier alpha value is -12.1. The molecule has 0 radical (unpaired) electrons. The molecule has 4 aliphatic rings. The molecule has 0 saturated carbocycles. The van der Waals surface area contributed by atoms with Crippen LogP contribution in [-0.4, -0.2) is 23.7 Å². The van der Waals surface area contributed by atoms with Gasteiger partial charge < -0.3 is 18.6 Å². The van der Waals surface area contributed by atoms with E-state index < -0.39 is 0 Å². The van der Waals surface area contributed by atoms with Gasteiger partial charge in [0.15, 0.2) is 5.82 Å². The largest absolute Gasteiger partial charge is 0.313 e. The summed E-state index contributed by atoms with van der Waals surface area (Å²) in [5.74, 6) is 1.64. The van der Waals surface area contributed by atoms with Crippen molar-refractivity contribution in [3.05, 3.63) is 348 Å². The van der Waals surface area contributed by atoms with Crippen molar-refractivity contribution in [1.82, 2.24) is 23.7 Å². The molecule has 7 heteroatoms. The first-order valence-electron chi connectivity index (χ1n) is 33.6. The number of nitrogens with zero attached hydrogens (tertiary/aromatic N) is 7. The van der Waals surface area contributed by atoms with Crippen molar-refractivity contribution < 1.29 is 0 Å². The first-order valence-corrected chi connectivity index (χ1v) is 33.6. The molecule has 3 atom stereocenters. The number of hydrogen-bond acceptors (Lipinski definition) is 4. The Balaban J connectivity index is 0.616. The summed E-state index contributed by atoms with van der Waals surface area (Å²) in [6.45, 7) is 0. The second-order valence-electron chi connectivity index (χ2n) is 26.2. The van der Waals surface area contributed by atoms with Crippen molar-refractivity contribution in [2.24, 2.45) is 0 Å². The molecule has 454 valence electrons. The topological polar surface area (TPSA) is 67.6 Å². The second kappa shape index (κ2) is 22.6. The number of anilines is 2. The van der Waals surface area contributed by atoms with Crippen LogP contribution < -0.4 is 4.90 Å². The summed E-state index contributed by atoms with van der Waals surface area (Å²) < 4.78 is 7.33. The van der Waals surface area contributed by atoms with Crippen LogP contribution in [0.2, 0.25) is 0 Å². The number of hydrogen-bond donors (Lipinski definition) is 0. The summed E-state index contributed by atoms with van der Waals surface area (Å²) in [6.07, 6.45) is 16.6. The van der Waals surface area contributed by atoms with Gasteiger partial charge in [0.25, 0.3) is 0 Å². The highest BCUT2D eigenvalue weighted by Crippen LogP contribution is 2.52. The van der Waals surface area contributed by atoms with E-state index in [1.54, 1.807) is 0 Å². The van der Waals surface area contributed by atoms with Crippen LogP contribution in [0.3, 0.4) is 0 Å². The van der Waals surface area contributed by atoms with Crippen LogP contribution in [-0.2, 0) is 19.3 Å². The summed E-state index contributed by atoms with van der Waals surface area (Å²) in [5, 5.41) is 14.9. The molecule has 0 saturated heterocycles. The standard InChI is InChI=1S/C89H63N7/c90-56-57-30-32-60(33-31-57)79-55-80(92-89(91-79)66-16-15-21-70(50-66)96-84-29-14-10-25-74(84)78-54-65(43-49-88(78)96)63-41-47-86-76(52-63)72-23-8-12-27-82(72)94(86)68-19-5-2-6-20-68)61-36-34-58(35-37-61)59-38-44-69(45-39-59)95-83-28-13-9-24-73(83)77-53-64(42-48-87(77)95)62-40-46-85-75(51-62)71-22-7-11-26-81(71)93(85)67-17-3-1-4-18-67/h1-22,24-42,44-48,50-52,55,64-65,72H,23,43,49,53-54H2. The predicted molar refractivity (Wildman–Crippen MR) is 393 cm³/mol. The molecule has 0 N–H and O–H groups in total. The van der Waals surface area contributed by atoms with Crippen LogP contribution in [0, 0.1) is 11.3 Å². The van der Waals surface area contributed by atoms with Crippen molar-refractivity contribution in [2.45, 2.75) is 49.9 Å². The van der Waals surface area contributed by atoms with Gasteiger partial charge in [0.1, 0.15) is 0 Å². The molecule has 0 fully saturated rings. The molecule has 11 aromatic carbocycles. The third-order valence-corrected chi connectivity index (χ3v) is 20.9. The minimum Gasteiger partial charge on any atom is -0.313 e. The molecule has 96 heavy (non-hydrogen) atoms. The average molecular weight is 1230 g/mol. The van der Waals surface area contributed by atoms with Gasteiger partial charge in [-0.1, -0.05) is 188 Å². The summed E-state index contributed by atoms with van der Waals surface area (Å²) in [7, 11) is 0. The lowest BCUT2D eigenvalue weighted by Crippen LogP contribution is -2.15. The minimum absolute atomic E-state index is 0.238. The number of rotatable bonds is 10. The van der Waals surface area contributed by atoms with Crippen molar-refractivity contribution in [3.63, 3.8) is 0 Å². The fourth-order valence-electron chi connectivity index (χ4n) is 16.3. The summed E-state index contributed by atoms with van der Waals surface area (Å²) in [6, 6.07) is 101. The molecule has 5 heterocycles. The maximum absolute atomic E-state index is 9.77. The highest BCUT2D eigenvalue weighted by Gasteiger charge is 2.37. The number of aromatic nitrogens is 5. The third-order valence-electron chi connectivity index (χ3n) is 20.9. The maximum Gasteiger partial charge on any atom is 0.160 e. The zero-order valence-electron chi connectivity index (χ0n) is 52.8. The lowest BCUT2D eigenvalue weighted by molar-refractivity contribution is 0.574. The summed E-state index contributed by atoms with van der Waals surface area (Å²) >= 11 is 0. The highest BCUT2D eigenvalue weighted by atomic mass is 15.2. The summed E-state index contributed by atoms with van der Waals surface area (Å²) in [5.41, 5.74) is 29.1. The number of nitriles is 1. The molecule has 0 amide bonds. The van der Waals surface area contributed by atoms with E-state index in [9.17, 15) is 5.26 Å². The molecular formula is C89H63N7. The quantitative estimate of drug-likeness (QED) is 0.137. The Morgan fingerprint density at radius 1 is 0.438 bits per heavy atom. The lowest BCUT2D eigenvalue weighted by atomic mass is 9.80. The van der Waals surface area contributed by atoms with Crippen LogP contribution >= 0.6 is 0 Å². The molecule has 15 aromatic rings. The number of allylic oxidation sites excluding steroid dienone is 5. The van der Waals surface area contributed by atoms with Crippen LogP contribution in [0.4, 0.5) is 11.4 Å². The Morgan fingerprint density at radius 3 is 1.78 bits per heavy atom. The molecule has 3 aliphatic carbocycles. The van der Waals surface area contributed by atoms with E-state index in [0.29, 0.717) is 23.2 Å². The maximum atomic E-state index is 9.77. The number of para-hydroxylation sites is 5. The van der Waals surface area contributed by atoms with E-state index >= 15 is 0 Å². The van der Waals surface area contributed by atoms with Crippen molar-refractivity contribution in [3.8, 4) is 68.2 Å². The Bertz CT molecular complexity index is 5760. The van der Waals surface area contributed by atoms with Gasteiger partial charge in [-0.05, 0) is 192 Å². The molecule has 0 bridgehead atoms. The lowest BCUT2D eigenvalue weighted by Gasteiger charge is -2.26. The molecule has 1 aliphatic heterocycles. The first-order chi connectivity index (χ1) is 47.5. The van der Waals surface area contributed by atoms with Gasteiger partial charge in [-0.2, -0.15) is 5.26 Å². The fourth-order valence-corrected chi connectivity index (χ4v) is 16.3. The molecule has 19 rings (SSSR count). The third kappa shape index (κ3) is 9.16. The number of benzene rings is 11. The normalized spacial score (nSPS) is 16.2. The van der Waals surface area contributed by atoms with Gasteiger partial charge in [-0.15, -0.1) is 0 Å². The van der Waals surface area contributed by atoms with Gasteiger partial charge in [-0.3, -0.25) is 0 Å². The predicted octanol–water partition coefficient (Wildman–Crippen LogP) is 21.7. The first kappa shape index (κ1) is 55.5. The monoisotopic (exact) mass is 1230 g/mol. The molecule has 3 unspecified atom stereocenters. The van der Waals surface area contributed by atoms with Gasteiger partial charge in [0.05, 0.1) is 45.1 Å².